The molecule has 1 amide bonds. The molecule has 5 rings (SSSR count). The number of rotatable bonds is 4. The lowest BCUT2D eigenvalue weighted by Gasteiger charge is -2.15. The van der Waals surface area contributed by atoms with E-state index in [2.05, 4.69) is 20.3 Å². The van der Waals surface area contributed by atoms with Crippen LogP contribution in [-0.4, -0.2) is 37.2 Å². The van der Waals surface area contributed by atoms with Crippen LogP contribution >= 0.6 is 11.8 Å². The van der Waals surface area contributed by atoms with Gasteiger partial charge in [0, 0.05) is 18.5 Å². The molecule has 3 heterocycles. The Morgan fingerprint density at radius 2 is 1.81 bits per heavy atom. The van der Waals surface area contributed by atoms with Crippen molar-refractivity contribution in [3.8, 4) is 0 Å². The van der Waals surface area contributed by atoms with E-state index in [0.29, 0.717) is 34.3 Å². The number of aromatic amines is 1. The predicted molar refractivity (Wildman–Crippen MR) is 101 cm³/mol. The molecule has 0 spiro atoms. The highest BCUT2D eigenvalue weighted by atomic mass is 32.2. The zero-order valence-corrected chi connectivity index (χ0v) is 15.7. The van der Waals surface area contributed by atoms with Crippen molar-refractivity contribution in [1.82, 2.24) is 24.8 Å². The van der Waals surface area contributed by atoms with Crippen LogP contribution in [0.15, 0.2) is 14.6 Å². The van der Waals surface area contributed by atoms with Crippen molar-refractivity contribution in [3.63, 3.8) is 0 Å². The van der Waals surface area contributed by atoms with Crippen LogP contribution in [0.1, 0.15) is 62.7 Å². The number of thioether (sulfide) groups is 1. The minimum atomic E-state index is -0.467. The maximum atomic E-state index is 12.6. The molecule has 2 saturated carbocycles. The SMILES string of the molecule is O=C1NCCCC[C@@H]1Sc1nc(C2CC2)nc2c1c(=O)[nH]c(=O)n2C1CC1. The Morgan fingerprint density at radius 1 is 1.00 bits per heavy atom. The van der Waals surface area contributed by atoms with Gasteiger partial charge in [0.15, 0.2) is 5.65 Å². The van der Waals surface area contributed by atoms with Gasteiger partial charge in [-0.3, -0.25) is 19.1 Å². The Labute approximate surface area is 159 Å². The quantitative estimate of drug-likeness (QED) is 0.769. The number of carbonyl (C=O) groups is 1. The number of hydrogen-bond donors (Lipinski definition) is 2. The van der Waals surface area contributed by atoms with Gasteiger partial charge < -0.3 is 5.32 Å². The molecule has 2 aliphatic carbocycles. The van der Waals surface area contributed by atoms with Crippen LogP contribution in [0.5, 0.6) is 0 Å². The van der Waals surface area contributed by atoms with Gasteiger partial charge in [-0.2, -0.15) is 0 Å². The highest BCUT2D eigenvalue weighted by Crippen LogP contribution is 2.41. The van der Waals surface area contributed by atoms with Gasteiger partial charge in [0.1, 0.15) is 16.2 Å². The fourth-order valence-electron chi connectivity index (χ4n) is 3.57. The van der Waals surface area contributed by atoms with Gasteiger partial charge in [0.2, 0.25) is 5.91 Å². The van der Waals surface area contributed by atoms with Crippen molar-refractivity contribution < 1.29 is 4.79 Å². The molecule has 27 heavy (non-hydrogen) atoms. The monoisotopic (exact) mass is 387 g/mol. The van der Waals surface area contributed by atoms with Gasteiger partial charge in [-0.05, 0) is 38.5 Å². The Hall–Kier alpha value is -2.16. The number of H-pyrrole nitrogens is 1. The third-order valence-corrected chi connectivity index (χ3v) is 6.61. The number of fused-ring (bicyclic) bond motifs is 1. The standard InChI is InChI=1S/C18H21N5O3S/c24-15-11(3-1-2-8-19-15)27-17-12-14(20-13(21-17)9-4-5-9)23(10-6-7-10)18(26)22-16(12)25/h9-11H,1-8H2,(H,19,24)(H,22,25,26)/t11-/m0/s1. The Balaban J connectivity index is 1.68. The molecule has 2 N–H and O–H groups in total. The second-order valence-electron chi connectivity index (χ2n) is 7.61. The molecule has 0 aromatic carbocycles. The summed E-state index contributed by atoms with van der Waals surface area (Å²) >= 11 is 1.34. The number of carbonyl (C=O) groups excluding carboxylic acids is 1. The van der Waals surface area contributed by atoms with E-state index in [1.54, 1.807) is 4.57 Å². The van der Waals surface area contributed by atoms with Crippen LogP contribution in [-0.2, 0) is 4.79 Å². The molecule has 0 radical (unpaired) electrons. The first-order chi connectivity index (χ1) is 13.1. The Morgan fingerprint density at radius 3 is 2.56 bits per heavy atom. The van der Waals surface area contributed by atoms with E-state index in [0.717, 1.165) is 44.9 Å². The van der Waals surface area contributed by atoms with E-state index < -0.39 is 11.2 Å². The summed E-state index contributed by atoms with van der Waals surface area (Å²) in [6, 6.07) is 0.0952. The van der Waals surface area contributed by atoms with Gasteiger partial charge in [0.25, 0.3) is 5.56 Å². The van der Waals surface area contributed by atoms with E-state index in [1.807, 2.05) is 0 Å². The molecule has 3 fully saturated rings. The van der Waals surface area contributed by atoms with Gasteiger partial charge in [-0.15, -0.1) is 0 Å². The lowest BCUT2D eigenvalue weighted by molar-refractivity contribution is -0.120. The molecule has 2 aromatic rings. The molecule has 142 valence electrons. The predicted octanol–water partition coefficient (Wildman–Crippen LogP) is 1.45. The molecule has 0 unspecified atom stereocenters. The third kappa shape index (κ3) is 3.18. The minimum absolute atomic E-state index is 0.0100. The lowest BCUT2D eigenvalue weighted by atomic mass is 10.2. The molecule has 3 aliphatic rings. The molecular formula is C18H21N5O3S. The third-order valence-electron chi connectivity index (χ3n) is 5.36. The Bertz CT molecular complexity index is 1040. The van der Waals surface area contributed by atoms with E-state index >= 15 is 0 Å². The fraction of sp³-hybridized carbons (Fsp3) is 0.611. The highest BCUT2D eigenvalue weighted by Gasteiger charge is 2.33. The molecule has 1 aliphatic heterocycles. The van der Waals surface area contributed by atoms with Gasteiger partial charge in [-0.1, -0.05) is 18.2 Å². The van der Waals surface area contributed by atoms with Crippen molar-refractivity contribution in [2.45, 2.75) is 67.2 Å². The van der Waals surface area contributed by atoms with Gasteiger partial charge in [-0.25, -0.2) is 14.8 Å². The number of hydrogen-bond acceptors (Lipinski definition) is 6. The summed E-state index contributed by atoms with van der Waals surface area (Å²) in [7, 11) is 0. The first-order valence-corrected chi connectivity index (χ1v) is 10.5. The average molecular weight is 387 g/mol. The lowest BCUT2D eigenvalue weighted by Crippen LogP contribution is -2.32. The van der Waals surface area contributed by atoms with Crippen LogP contribution < -0.4 is 16.6 Å². The number of aromatic nitrogens is 4. The van der Waals surface area contributed by atoms with E-state index in [4.69, 9.17) is 0 Å². The molecule has 1 saturated heterocycles. The van der Waals surface area contributed by atoms with Crippen LogP contribution in [0, 0.1) is 0 Å². The summed E-state index contributed by atoms with van der Waals surface area (Å²) < 4.78 is 1.61. The smallest absolute Gasteiger partial charge is 0.330 e. The zero-order valence-electron chi connectivity index (χ0n) is 14.9. The zero-order chi connectivity index (χ0) is 18.5. The summed E-state index contributed by atoms with van der Waals surface area (Å²) in [4.78, 5) is 49.2. The topological polar surface area (TPSA) is 110 Å². The highest BCUT2D eigenvalue weighted by molar-refractivity contribution is 8.00. The van der Waals surface area contributed by atoms with Crippen molar-refractivity contribution in [2.75, 3.05) is 6.54 Å². The summed E-state index contributed by atoms with van der Waals surface area (Å²) in [6.45, 7) is 0.690. The number of amides is 1. The maximum Gasteiger partial charge on any atom is 0.330 e. The fourth-order valence-corrected chi connectivity index (χ4v) is 4.77. The van der Waals surface area contributed by atoms with Crippen molar-refractivity contribution in [3.05, 3.63) is 26.7 Å². The van der Waals surface area contributed by atoms with Crippen LogP contribution in [0.4, 0.5) is 0 Å². The average Bonchev–Trinajstić information content (AvgIpc) is 3.50. The molecular weight excluding hydrogens is 366 g/mol. The second-order valence-corrected chi connectivity index (χ2v) is 8.81. The van der Waals surface area contributed by atoms with Crippen LogP contribution in [0.2, 0.25) is 0 Å². The summed E-state index contributed by atoms with van der Waals surface area (Å²) in [5.74, 6) is 0.973. The van der Waals surface area contributed by atoms with Gasteiger partial charge in [0.05, 0.1) is 5.25 Å². The molecule has 1 atom stereocenters. The molecule has 8 nitrogen and oxygen atoms in total. The minimum Gasteiger partial charge on any atom is -0.355 e. The van der Waals surface area contributed by atoms with Gasteiger partial charge >= 0.3 is 5.69 Å². The van der Waals surface area contributed by atoms with Crippen LogP contribution in [0.3, 0.4) is 0 Å². The van der Waals surface area contributed by atoms with E-state index in [9.17, 15) is 14.4 Å². The normalized spacial score (nSPS) is 23.3. The Kier molecular flexibility index (Phi) is 4.07. The first kappa shape index (κ1) is 17.0. The first-order valence-electron chi connectivity index (χ1n) is 9.62. The van der Waals surface area contributed by atoms with E-state index in [-0.39, 0.29) is 17.2 Å². The molecule has 2 aromatic heterocycles. The molecule has 9 heteroatoms. The van der Waals surface area contributed by atoms with Crippen molar-refractivity contribution >= 4 is 28.7 Å². The number of nitrogens with zero attached hydrogens (tertiary/aromatic N) is 3. The molecule has 0 bridgehead atoms. The maximum absolute atomic E-state index is 12.6. The summed E-state index contributed by atoms with van der Waals surface area (Å²) in [5, 5.41) is 3.52. The van der Waals surface area contributed by atoms with Crippen LogP contribution in [0.25, 0.3) is 11.0 Å². The largest absolute Gasteiger partial charge is 0.355 e. The summed E-state index contributed by atoms with van der Waals surface area (Å²) in [5.41, 5.74) is -0.441. The van der Waals surface area contributed by atoms with Crippen molar-refractivity contribution in [2.24, 2.45) is 0 Å². The van der Waals surface area contributed by atoms with E-state index in [1.165, 1.54) is 11.8 Å². The van der Waals surface area contributed by atoms with Crippen molar-refractivity contribution in [1.29, 1.82) is 0 Å². The second kappa shape index (κ2) is 6.47. The summed E-state index contributed by atoms with van der Waals surface area (Å²) in [6.07, 6.45) is 6.54. The number of nitrogens with one attached hydrogen (secondary N) is 2.